The number of anilines is 4. The first-order valence-electron chi connectivity index (χ1n) is 8.06. The SMILES string of the molecule is COc1cc(Nc2nc(N)n(-c3cccc(N)c3)n2)ccc1-c1cnco1. The normalized spacial score (nSPS) is 10.7. The van der Waals surface area contributed by atoms with E-state index >= 15 is 0 Å². The van der Waals surface area contributed by atoms with Gasteiger partial charge < -0.3 is 25.9 Å². The summed E-state index contributed by atoms with van der Waals surface area (Å²) < 4.78 is 12.3. The Hall–Kier alpha value is -4.01. The number of hydrogen-bond acceptors (Lipinski definition) is 8. The summed E-state index contributed by atoms with van der Waals surface area (Å²) in [4.78, 5) is 8.18. The van der Waals surface area contributed by atoms with Crippen LogP contribution >= 0.6 is 0 Å². The Morgan fingerprint density at radius 3 is 2.78 bits per heavy atom. The number of nitrogens with one attached hydrogen (secondary N) is 1. The van der Waals surface area contributed by atoms with Gasteiger partial charge in [-0.1, -0.05) is 6.07 Å². The molecular weight excluding hydrogens is 346 g/mol. The standard InChI is InChI=1S/C18H17N7O2/c1-26-15-8-12(5-6-14(15)16-9-21-10-27-16)22-18-23-17(20)25(24-18)13-4-2-3-11(19)7-13/h2-10H,19H2,1H3,(H3,20,22,23,24). The molecule has 9 heteroatoms. The Morgan fingerprint density at radius 2 is 2.04 bits per heavy atom. The molecule has 2 aromatic carbocycles. The molecule has 4 aromatic rings. The maximum atomic E-state index is 5.99. The predicted octanol–water partition coefficient (Wildman–Crippen LogP) is 2.84. The fraction of sp³-hybridized carbons (Fsp3) is 0.0556. The Balaban J connectivity index is 1.62. The summed E-state index contributed by atoms with van der Waals surface area (Å²) >= 11 is 0. The third-order valence-corrected chi connectivity index (χ3v) is 3.90. The van der Waals surface area contributed by atoms with Crippen LogP contribution in [0.2, 0.25) is 0 Å². The van der Waals surface area contributed by atoms with Crippen molar-refractivity contribution in [2.24, 2.45) is 0 Å². The Bertz CT molecular complexity index is 1070. The number of oxazole rings is 1. The molecule has 2 heterocycles. The van der Waals surface area contributed by atoms with Crippen molar-refractivity contribution in [2.75, 3.05) is 23.9 Å². The van der Waals surface area contributed by atoms with Gasteiger partial charge in [0.2, 0.25) is 11.9 Å². The van der Waals surface area contributed by atoms with E-state index in [1.807, 2.05) is 30.3 Å². The van der Waals surface area contributed by atoms with Crippen LogP contribution in [0, 0.1) is 0 Å². The van der Waals surface area contributed by atoms with Gasteiger partial charge in [0.25, 0.3) is 0 Å². The zero-order chi connectivity index (χ0) is 18.8. The molecule has 136 valence electrons. The summed E-state index contributed by atoms with van der Waals surface area (Å²) in [5, 5.41) is 7.51. The van der Waals surface area contributed by atoms with E-state index in [1.165, 1.54) is 11.1 Å². The minimum Gasteiger partial charge on any atom is -0.496 e. The van der Waals surface area contributed by atoms with Crippen LogP contribution in [0.15, 0.2) is 59.5 Å². The Labute approximate surface area is 154 Å². The maximum Gasteiger partial charge on any atom is 0.248 e. The lowest BCUT2D eigenvalue weighted by molar-refractivity contribution is 0.415. The zero-order valence-corrected chi connectivity index (χ0v) is 14.5. The van der Waals surface area contributed by atoms with Crippen LogP contribution in [-0.4, -0.2) is 26.9 Å². The van der Waals surface area contributed by atoms with Crippen molar-refractivity contribution in [3.05, 3.63) is 55.1 Å². The molecule has 0 bridgehead atoms. The molecule has 0 aliphatic carbocycles. The molecule has 0 aliphatic heterocycles. The quantitative estimate of drug-likeness (QED) is 0.461. The van der Waals surface area contributed by atoms with Crippen molar-refractivity contribution in [3.63, 3.8) is 0 Å². The molecule has 0 fully saturated rings. The van der Waals surface area contributed by atoms with Gasteiger partial charge in [0.05, 0.1) is 24.6 Å². The van der Waals surface area contributed by atoms with Gasteiger partial charge in [-0.3, -0.25) is 0 Å². The number of aromatic nitrogens is 4. The predicted molar refractivity (Wildman–Crippen MR) is 102 cm³/mol. The first-order valence-corrected chi connectivity index (χ1v) is 8.06. The van der Waals surface area contributed by atoms with E-state index in [0.717, 1.165) is 16.9 Å². The molecule has 0 spiro atoms. The van der Waals surface area contributed by atoms with Crippen molar-refractivity contribution < 1.29 is 9.15 Å². The molecule has 2 aromatic heterocycles. The summed E-state index contributed by atoms with van der Waals surface area (Å²) in [5.41, 5.74) is 14.7. The van der Waals surface area contributed by atoms with Gasteiger partial charge in [-0.05, 0) is 30.3 Å². The summed E-state index contributed by atoms with van der Waals surface area (Å²) in [6.45, 7) is 0. The van der Waals surface area contributed by atoms with Gasteiger partial charge >= 0.3 is 0 Å². The summed E-state index contributed by atoms with van der Waals surface area (Å²) in [5.74, 6) is 1.84. The minimum absolute atomic E-state index is 0.244. The number of hydrogen-bond donors (Lipinski definition) is 3. The molecule has 0 aliphatic rings. The minimum atomic E-state index is 0.244. The fourth-order valence-corrected chi connectivity index (χ4v) is 2.67. The van der Waals surface area contributed by atoms with Crippen molar-refractivity contribution in [1.82, 2.24) is 19.7 Å². The van der Waals surface area contributed by atoms with Crippen molar-refractivity contribution >= 4 is 23.3 Å². The number of rotatable bonds is 5. The average molecular weight is 363 g/mol. The Kier molecular flexibility index (Phi) is 4.09. The van der Waals surface area contributed by atoms with E-state index in [2.05, 4.69) is 20.4 Å². The van der Waals surface area contributed by atoms with E-state index in [9.17, 15) is 0 Å². The maximum absolute atomic E-state index is 5.99. The highest BCUT2D eigenvalue weighted by Crippen LogP contribution is 2.33. The van der Waals surface area contributed by atoms with Gasteiger partial charge in [-0.2, -0.15) is 9.67 Å². The second kappa shape index (κ2) is 6.71. The number of benzene rings is 2. The van der Waals surface area contributed by atoms with Gasteiger partial charge in [-0.25, -0.2) is 4.98 Å². The molecule has 9 nitrogen and oxygen atoms in total. The van der Waals surface area contributed by atoms with Gasteiger partial charge in [0, 0.05) is 17.4 Å². The molecule has 0 unspecified atom stereocenters. The van der Waals surface area contributed by atoms with Crippen molar-refractivity contribution in [1.29, 1.82) is 0 Å². The van der Waals surface area contributed by atoms with Crippen LogP contribution in [-0.2, 0) is 0 Å². The number of nitrogens with zero attached hydrogens (tertiary/aromatic N) is 4. The molecule has 0 saturated heterocycles. The second-order valence-corrected chi connectivity index (χ2v) is 5.71. The Morgan fingerprint density at radius 1 is 1.15 bits per heavy atom. The number of nitrogens with two attached hydrogens (primary N) is 2. The van der Waals surface area contributed by atoms with E-state index in [-0.39, 0.29) is 5.95 Å². The second-order valence-electron chi connectivity index (χ2n) is 5.71. The van der Waals surface area contributed by atoms with Crippen molar-refractivity contribution in [3.8, 4) is 22.8 Å². The lowest BCUT2D eigenvalue weighted by Crippen LogP contribution is -2.03. The molecule has 27 heavy (non-hydrogen) atoms. The van der Waals surface area contributed by atoms with Crippen LogP contribution in [0.3, 0.4) is 0 Å². The molecule has 5 N–H and O–H groups in total. The topological polar surface area (TPSA) is 130 Å². The lowest BCUT2D eigenvalue weighted by atomic mass is 10.1. The van der Waals surface area contributed by atoms with E-state index in [4.69, 9.17) is 20.6 Å². The summed E-state index contributed by atoms with van der Waals surface area (Å²) in [6, 6.07) is 12.8. The number of nitrogen functional groups attached to an aromatic ring is 2. The van der Waals surface area contributed by atoms with E-state index in [1.54, 1.807) is 25.4 Å². The lowest BCUT2D eigenvalue weighted by Gasteiger charge is -2.09. The largest absolute Gasteiger partial charge is 0.496 e. The average Bonchev–Trinajstić information content (AvgIpc) is 3.31. The molecule has 0 saturated carbocycles. The highest BCUT2D eigenvalue weighted by Gasteiger charge is 2.13. The number of ether oxygens (including phenoxy) is 1. The highest BCUT2D eigenvalue weighted by molar-refractivity contribution is 5.71. The molecular formula is C18H17N7O2. The smallest absolute Gasteiger partial charge is 0.248 e. The monoisotopic (exact) mass is 363 g/mol. The van der Waals surface area contributed by atoms with Gasteiger partial charge in [0.1, 0.15) is 5.75 Å². The van der Waals surface area contributed by atoms with E-state index < -0.39 is 0 Å². The van der Waals surface area contributed by atoms with Crippen LogP contribution < -0.4 is 21.5 Å². The molecule has 4 rings (SSSR count). The third-order valence-electron chi connectivity index (χ3n) is 3.90. The molecule has 0 atom stereocenters. The number of methoxy groups -OCH3 is 1. The van der Waals surface area contributed by atoms with Gasteiger partial charge in [0.15, 0.2) is 12.2 Å². The van der Waals surface area contributed by atoms with E-state index in [0.29, 0.717) is 23.1 Å². The third kappa shape index (κ3) is 3.25. The first kappa shape index (κ1) is 16.5. The summed E-state index contributed by atoms with van der Waals surface area (Å²) in [6.07, 6.45) is 3.00. The van der Waals surface area contributed by atoms with Crippen LogP contribution in [0.4, 0.5) is 23.3 Å². The van der Waals surface area contributed by atoms with Crippen molar-refractivity contribution in [2.45, 2.75) is 0 Å². The molecule has 0 amide bonds. The van der Waals surface area contributed by atoms with Crippen LogP contribution in [0.1, 0.15) is 0 Å². The highest BCUT2D eigenvalue weighted by atomic mass is 16.5. The fourth-order valence-electron chi connectivity index (χ4n) is 2.67. The summed E-state index contributed by atoms with van der Waals surface area (Å²) in [7, 11) is 1.59. The first-order chi connectivity index (χ1) is 13.1. The zero-order valence-electron chi connectivity index (χ0n) is 14.5. The molecule has 0 radical (unpaired) electrons. The van der Waals surface area contributed by atoms with Crippen LogP contribution in [0.5, 0.6) is 5.75 Å². The van der Waals surface area contributed by atoms with Gasteiger partial charge in [-0.15, -0.1) is 5.10 Å². The van der Waals surface area contributed by atoms with Crippen LogP contribution in [0.25, 0.3) is 17.0 Å².